The SMILES string of the molecule is C=C/C=C\C=C/CN(C/C=C\C(Br)=C/CC)/C(C)=C/C=C(/Br)C=C. The molecule has 0 bridgehead atoms. The van der Waals surface area contributed by atoms with Gasteiger partial charge in [0.15, 0.2) is 0 Å². The number of halogens is 2. The van der Waals surface area contributed by atoms with Crippen LogP contribution in [-0.2, 0) is 0 Å². The van der Waals surface area contributed by atoms with Gasteiger partial charge in [-0.25, -0.2) is 0 Å². The lowest BCUT2D eigenvalue weighted by atomic mass is 10.3. The van der Waals surface area contributed by atoms with Crippen molar-refractivity contribution in [2.24, 2.45) is 0 Å². The van der Waals surface area contributed by atoms with Crippen LogP contribution in [0.2, 0.25) is 0 Å². The summed E-state index contributed by atoms with van der Waals surface area (Å²) in [5, 5.41) is 0. The van der Waals surface area contributed by atoms with Gasteiger partial charge in [-0.05, 0) is 25.5 Å². The molecule has 0 aliphatic heterocycles. The molecule has 0 N–H and O–H groups in total. The molecule has 0 rings (SSSR count). The van der Waals surface area contributed by atoms with Crippen LogP contribution in [0.25, 0.3) is 0 Å². The first-order valence-corrected chi connectivity index (χ1v) is 9.51. The van der Waals surface area contributed by atoms with Crippen LogP contribution in [0, 0.1) is 0 Å². The maximum atomic E-state index is 3.74. The van der Waals surface area contributed by atoms with Gasteiger partial charge in [0.25, 0.3) is 0 Å². The van der Waals surface area contributed by atoms with Crippen molar-refractivity contribution in [1.29, 1.82) is 0 Å². The van der Waals surface area contributed by atoms with Gasteiger partial charge in [-0.3, -0.25) is 0 Å². The molecule has 0 aromatic rings. The van der Waals surface area contributed by atoms with Crippen LogP contribution in [0.4, 0.5) is 0 Å². The lowest BCUT2D eigenvalue weighted by Crippen LogP contribution is -2.21. The Morgan fingerprint density at radius 1 is 0.958 bits per heavy atom. The monoisotopic (exact) mass is 451 g/mol. The first-order chi connectivity index (χ1) is 11.5. The van der Waals surface area contributed by atoms with Crippen molar-refractivity contribution in [3.63, 3.8) is 0 Å². The highest BCUT2D eigenvalue weighted by atomic mass is 79.9. The van der Waals surface area contributed by atoms with Crippen molar-refractivity contribution in [2.45, 2.75) is 20.3 Å². The summed E-state index contributed by atoms with van der Waals surface area (Å²) in [5.41, 5.74) is 1.19. The fourth-order valence-electron chi connectivity index (χ4n) is 1.70. The minimum atomic E-state index is 0.836. The average Bonchev–Trinajstić information content (AvgIpc) is 2.57. The topological polar surface area (TPSA) is 3.24 Å². The van der Waals surface area contributed by atoms with Crippen molar-refractivity contribution in [3.8, 4) is 0 Å². The van der Waals surface area contributed by atoms with Crippen molar-refractivity contribution in [1.82, 2.24) is 4.90 Å². The zero-order valence-electron chi connectivity index (χ0n) is 14.6. The highest BCUT2D eigenvalue weighted by molar-refractivity contribution is 9.12. The molecule has 130 valence electrons. The standard InChI is InChI=1S/C21H27Br2N/c1-5-8-9-10-11-17-24(18-12-14-21(23)13-6-2)19(4)15-16-20(22)7-3/h5,7-16H,1,3,6,17-18H2,2,4H3/b9-8-,11-10-,14-12-,19-15+,20-16+,21-13+. The van der Waals surface area contributed by atoms with Crippen molar-refractivity contribution in [2.75, 3.05) is 13.1 Å². The van der Waals surface area contributed by atoms with E-state index in [9.17, 15) is 0 Å². The molecule has 0 unspecified atom stereocenters. The molecule has 0 saturated carbocycles. The molecule has 0 spiro atoms. The minimum absolute atomic E-state index is 0.836. The van der Waals surface area contributed by atoms with E-state index in [1.54, 1.807) is 12.2 Å². The van der Waals surface area contributed by atoms with Gasteiger partial charge in [0.05, 0.1) is 0 Å². The molecule has 0 fully saturated rings. The fourth-order valence-corrected chi connectivity index (χ4v) is 2.34. The molecular weight excluding hydrogens is 426 g/mol. The van der Waals surface area contributed by atoms with E-state index >= 15 is 0 Å². The van der Waals surface area contributed by atoms with Crippen LogP contribution >= 0.6 is 31.9 Å². The third-order valence-corrected chi connectivity index (χ3v) is 4.18. The minimum Gasteiger partial charge on any atom is -0.368 e. The first kappa shape index (κ1) is 22.7. The van der Waals surface area contributed by atoms with E-state index in [-0.39, 0.29) is 0 Å². The molecule has 1 nitrogen and oxygen atoms in total. The second-order valence-electron chi connectivity index (χ2n) is 4.92. The van der Waals surface area contributed by atoms with Crippen molar-refractivity contribution >= 4 is 31.9 Å². The normalized spacial score (nSPS) is 14.1. The van der Waals surface area contributed by atoms with Gasteiger partial charge in [0.1, 0.15) is 0 Å². The maximum Gasteiger partial charge on any atom is 0.0363 e. The van der Waals surface area contributed by atoms with Crippen LogP contribution in [0.5, 0.6) is 0 Å². The largest absolute Gasteiger partial charge is 0.368 e. The van der Waals surface area contributed by atoms with Gasteiger partial charge < -0.3 is 4.90 Å². The highest BCUT2D eigenvalue weighted by Crippen LogP contribution is 2.11. The van der Waals surface area contributed by atoms with Crippen LogP contribution in [0.1, 0.15) is 20.3 Å². The van der Waals surface area contributed by atoms with Gasteiger partial charge >= 0.3 is 0 Å². The fraction of sp³-hybridized carbons (Fsp3) is 0.238. The van der Waals surface area contributed by atoms with Crippen LogP contribution in [0.3, 0.4) is 0 Å². The van der Waals surface area contributed by atoms with Gasteiger partial charge in [-0.1, -0.05) is 107 Å². The Hall–Kier alpha value is -1.32. The Balaban J connectivity index is 5.03. The van der Waals surface area contributed by atoms with Gasteiger partial charge in [0, 0.05) is 27.8 Å². The second kappa shape index (κ2) is 15.2. The van der Waals surface area contributed by atoms with E-state index in [4.69, 9.17) is 0 Å². The summed E-state index contributed by atoms with van der Waals surface area (Å²) in [5.74, 6) is 0. The number of hydrogen-bond donors (Lipinski definition) is 0. The molecule has 0 aliphatic carbocycles. The predicted octanol–water partition coefficient (Wildman–Crippen LogP) is 7.20. The predicted molar refractivity (Wildman–Crippen MR) is 117 cm³/mol. The van der Waals surface area contributed by atoms with Crippen LogP contribution in [0.15, 0.2) is 94.7 Å². The summed E-state index contributed by atoms with van der Waals surface area (Å²) >= 11 is 6.99. The van der Waals surface area contributed by atoms with Crippen LogP contribution in [-0.4, -0.2) is 18.0 Å². The molecule has 0 atom stereocenters. The highest BCUT2D eigenvalue weighted by Gasteiger charge is 2.00. The summed E-state index contributed by atoms with van der Waals surface area (Å²) in [6.45, 7) is 13.3. The van der Waals surface area contributed by atoms with Gasteiger partial charge in [0.2, 0.25) is 0 Å². The zero-order valence-corrected chi connectivity index (χ0v) is 17.8. The number of nitrogens with zero attached hydrogens (tertiary/aromatic N) is 1. The van der Waals surface area contributed by atoms with Gasteiger partial charge in [-0.15, -0.1) is 0 Å². The van der Waals surface area contributed by atoms with E-state index in [0.717, 1.165) is 28.5 Å². The third kappa shape index (κ3) is 12.1. The lowest BCUT2D eigenvalue weighted by Gasteiger charge is -2.22. The average molecular weight is 453 g/mol. The Labute approximate surface area is 164 Å². The molecule has 0 aromatic carbocycles. The zero-order chi connectivity index (χ0) is 18.2. The number of hydrogen-bond acceptors (Lipinski definition) is 1. The number of allylic oxidation sites excluding steroid dienone is 12. The molecule has 0 radical (unpaired) electrons. The Morgan fingerprint density at radius 2 is 1.67 bits per heavy atom. The third-order valence-electron chi connectivity index (χ3n) is 3.00. The number of rotatable bonds is 11. The smallest absolute Gasteiger partial charge is 0.0363 e. The molecular formula is C21H27Br2N. The first-order valence-electron chi connectivity index (χ1n) is 7.93. The Morgan fingerprint density at radius 3 is 2.29 bits per heavy atom. The molecule has 24 heavy (non-hydrogen) atoms. The van der Waals surface area contributed by atoms with E-state index in [0.29, 0.717) is 0 Å². The van der Waals surface area contributed by atoms with E-state index in [1.165, 1.54) is 5.70 Å². The second-order valence-corrected chi connectivity index (χ2v) is 6.75. The molecule has 0 amide bonds. The molecule has 0 saturated heterocycles. The van der Waals surface area contributed by atoms with Crippen molar-refractivity contribution < 1.29 is 0 Å². The summed E-state index contributed by atoms with van der Waals surface area (Å²) in [6, 6.07) is 0. The summed E-state index contributed by atoms with van der Waals surface area (Å²) in [7, 11) is 0. The quantitative estimate of drug-likeness (QED) is 0.299. The molecule has 3 heteroatoms. The molecule has 0 aliphatic rings. The van der Waals surface area contributed by atoms with E-state index < -0.39 is 0 Å². The van der Waals surface area contributed by atoms with E-state index in [1.807, 2.05) is 24.3 Å². The summed E-state index contributed by atoms with van der Waals surface area (Å²) < 4.78 is 2.08. The van der Waals surface area contributed by atoms with Crippen LogP contribution < -0.4 is 0 Å². The molecule has 0 heterocycles. The Bertz CT molecular complexity index is 560. The summed E-state index contributed by atoms with van der Waals surface area (Å²) in [6.07, 6.45) is 23.1. The van der Waals surface area contributed by atoms with Gasteiger partial charge in [-0.2, -0.15) is 0 Å². The molecule has 0 aromatic heterocycles. The summed E-state index contributed by atoms with van der Waals surface area (Å²) in [4.78, 5) is 2.29. The van der Waals surface area contributed by atoms with Crippen molar-refractivity contribution in [3.05, 3.63) is 94.7 Å². The van der Waals surface area contributed by atoms with E-state index in [2.05, 4.69) is 94.1 Å². The lowest BCUT2D eigenvalue weighted by molar-refractivity contribution is 0.422. The Kier molecular flexibility index (Phi) is 14.4. The maximum absolute atomic E-state index is 3.74.